The molecule has 0 spiro atoms. The van der Waals surface area contributed by atoms with Gasteiger partial charge in [-0.3, -0.25) is 4.99 Å². The summed E-state index contributed by atoms with van der Waals surface area (Å²) in [5.41, 5.74) is 5.61. The maximum Gasteiger partial charge on any atom is 0.229 e. The molecular weight excluding hydrogens is 413 g/mol. The van der Waals surface area contributed by atoms with Crippen LogP contribution in [0.3, 0.4) is 0 Å². The second-order valence-corrected chi connectivity index (χ2v) is 6.49. The zero-order valence-corrected chi connectivity index (χ0v) is 17.5. The zero-order valence-electron chi connectivity index (χ0n) is 17.5. The summed E-state index contributed by atoms with van der Waals surface area (Å²) >= 11 is 0. The molecule has 0 fully saturated rings. The SMILES string of the molecule is COc1ccc(F)c(CNc2nc(N/C(C=NCCOC(C)C)=C/N)ncc2F)c1F.[HH].[HH]. The molecule has 11 heteroatoms. The molecule has 1 heterocycles. The van der Waals surface area contributed by atoms with E-state index in [1.165, 1.54) is 25.6 Å². The molecule has 1 aromatic heterocycles. The molecule has 0 atom stereocenters. The summed E-state index contributed by atoms with van der Waals surface area (Å²) in [7, 11) is 1.26. The van der Waals surface area contributed by atoms with E-state index >= 15 is 0 Å². The molecule has 0 bridgehead atoms. The normalized spacial score (nSPS) is 11.9. The lowest BCUT2D eigenvalue weighted by atomic mass is 10.2. The van der Waals surface area contributed by atoms with Gasteiger partial charge in [-0.25, -0.2) is 18.2 Å². The van der Waals surface area contributed by atoms with E-state index in [0.717, 1.165) is 12.3 Å². The number of hydrogen-bond acceptors (Lipinski definition) is 8. The number of allylic oxidation sites excluding steroid dienone is 1. The van der Waals surface area contributed by atoms with Gasteiger partial charge in [-0.05, 0) is 26.0 Å². The van der Waals surface area contributed by atoms with Crippen molar-refractivity contribution in [3.63, 3.8) is 0 Å². The molecular formula is C20H29F3N6O2. The number of benzene rings is 1. The lowest BCUT2D eigenvalue weighted by Crippen LogP contribution is -2.12. The van der Waals surface area contributed by atoms with Gasteiger partial charge in [-0.1, -0.05) is 0 Å². The van der Waals surface area contributed by atoms with Crippen LogP contribution in [0.2, 0.25) is 0 Å². The van der Waals surface area contributed by atoms with E-state index in [2.05, 4.69) is 25.6 Å². The minimum Gasteiger partial charge on any atom is -0.494 e. The number of ether oxygens (including phenoxy) is 2. The van der Waals surface area contributed by atoms with Crippen LogP contribution in [-0.4, -0.2) is 42.5 Å². The van der Waals surface area contributed by atoms with Gasteiger partial charge < -0.3 is 25.8 Å². The highest BCUT2D eigenvalue weighted by molar-refractivity contribution is 5.82. The Morgan fingerprint density at radius 1 is 1.29 bits per heavy atom. The fourth-order valence-corrected chi connectivity index (χ4v) is 2.37. The third-order valence-corrected chi connectivity index (χ3v) is 3.88. The summed E-state index contributed by atoms with van der Waals surface area (Å²) in [6.45, 7) is 4.35. The summed E-state index contributed by atoms with van der Waals surface area (Å²) in [6, 6.07) is 2.23. The van der Waals surface area contributed by atoms with Gasteiger partial charge >= 0.3 is 0 Å². The number of rotatable bonds is 11. The van der Waals surface area contributed by atoms with Crippen molar-refractivity contribution in [2.45, 2.75) is 26.5 Å². The molecule has 0 aliphatic carbocycles. The Bertz CT molecular complexity index is 948. The molecule has 31 heavy (non-hydrogen) atoms. The average molecular weight is 442 g/mol. The number of nitrogens with two attached hydrogens (primary N) is 1. The van der Waals surface area contributed by atoms with Crippen LogP contribution in [0, 0.1) is 17.5 Å². The van der Waals surface area contributed by atoms with Crippen molar-refractivity contribution in [3.8, 4) is 5.75 Å². The molecule has 0 unspecified atom stereocenters. The molecule has 0 saturated carbocycles. The Labute approximate surface area is 181 Å². The molecule has 0 radical (unpaired) electrons. The molecule has 0 saturated heterocycles. The second-order valence-electron chi connectivity index (χ2n) is 6.49. The van der Waals surface area contributed by atoms with Gasteiger partial charge in [-0.15, -0.1) is 0 Å². The lowest BCUT2D eigenvalue weighted by Gasteiger charge is -2.12. The first kappa shape index (κ1) is 23.9. The van der Waals surface area contributed by atoms with E-state index in [1.807, 2.05) is 13.8 Å². The predicted molar refractivity (Wildman–Crippen MR) is 117 cm³/mol. The summed E-state index contributed by atoms with van der Waals surface area (Å²) in [5, 5.41) is 5.35. The van der Waals surface area contributed by atoms with Crippen molar-refractivity contribution in [3.05, 3.63) is 53.2 Å². The van der Waals surface area contributed by atoms with Crippen LogP contribution in [-0.2, 0) is 11.3 Å². The van der Waals surface area contributed by atoms with Gasteiger partial charge in [0.1, 0.15) is 5.82 Å². The van der Waals surface area contributed by atoms with Crippen molar-refractivity contribution >= 4 is 18.0 Å². The summed E-state index contributed by atoms with van der Waals surface area (Å²) in [5.74, 6) is -2.85. The van der Waals surface area contributed by atoms with Gasteiger partial charge in [0.15, 0.2) is 23.2 Å². The maximum absolute atomic E-state index is 14.3. The van der Waals surface area contributed by atoms with Crippen molar-refractivity contribution < 1.29 is 25.5 Å². The van der Waals surface area contributed by atoms with Crippen LogP contribution in [0.4, 0.5) is 24.9 Å². The standard InChI is InChI=1S/C20H25F3N6O2.2H2/c1-12(2)31-7-6-25-9-13(8-24)28-20-27-11-16(22)19(29-20)26-10-14-15(21)4-5-17(30-3)18(14)23;;/h4-5,8-9,11-12H,6-7,10,24H2,1-3H3,(H2,26,27,28,29);2*1H/b13-8+,25-9?;;. The Kier molecular flexibility index (Phi) is 9.07. The van der Waals surface area contributed by atoms with Gasteiger partial charge in [0.2, 0.25) is 5.95 Å². The Balaban J connectivity index is 0.00000512. The van der Waals surface area contributed by atoms with Crippen LogP contribution < -0.4 is 21.1 Å². The second kappa shape index (κ2) is 11.7. The van der Waals surface area contributed by atoms with Gasteiger partial charge in [0.05, 0.1) is 38.3 Å². The first-order valence-electron chi connectivity index (χ1n) is 9.43. The van der Waals surface area contributed by atoms with Crippen LogP contribution in [0.25, 0.3) is 0 Å². The highest BCUT2D eigenvalue weighted by Crippen LogP contribution is 2.24. The average Bonchev–Trinajstić information content (AvgIpc) is 2.74. The van der Waals surface area contributed by atoms with E-state index < -0.39 is 17.5 Å². The number of nitrogens with zero attached hydrogens (tertiary/aromatic N) is 3. The monoisotopic (exact) mass is 442 g/mol. The minimum absolute atomic E-state index is 0. The number of aliphatic imine (C=N–C) groups is 1. The van der Waals surface area contributed by atoms with Crippen LogP contribution in [0.1, 0.15) is 22.3 Å². The summed E-state index contributed by atoms with van der Waals surface area (Å²) in [4.78, 5) is 12.0. The van der Waals surface area contributed by atoms with E-state index in [4.69, 9.17) is 15.2 Å². The number of hydrogen-bond donors (Lipinski definition) is 3. The summed E-state index contributed by atoms with van der Waals surface area (Å²) in [6.07, 6.45) is 3.73. The van der Waals surface area contributed by atoms with Gasteiger partial charge in [0, 0.05) is 27.4 Å². The number of anilines is 2. The Morgan fingerprint density at radius 3 is 2.74 bits per heavy atom. The van der Waals surface area contributed by atoms with Gasteiger partial charge in [0.25, 0.3) is 0 Å². The summed E-state index contributed by atoms with van der Waals surface area (Å²) < 4.78 is 52.5. The quantitative estimate of drug-likeness (QED) is 0.360. The highest BCUT2D eigenvalue weighted by Gasteiger charge is 2.15. The number of nitrogens with one attached hydrogen (secondary N) is 2. The first-order valence-corrected chi connectivity index (χ1v) is 9.43. The molecule has 4 N–H and O–H groups in total. The van der Waals surface area contributed by atoms with E-state index in [1.54, 1.807) is 0 Å². The third-order valence-electron chi connectivity index (χ3n) is 3.88. The van der Waals surface area contributed by atoms with E-state index in [0.29, 0.717) is 18.8 Å². The fraction of sp³-hybridized carbons (Fsp3) is 0.350. The molecule has 2 rings (SSSR count). The van der Waals surface area contributed by atoms with E-state index in [9.17, 15) is 13.2 Å². The number of halogens is 3. The van der Waals surface area contributed by atoms with Crippen molar-refractivity contribution in [2.24, 2.45) is 10.7 Å². The number of aromatic nitrogens is 2. The smallest absolute Gasteiger partial charge is 0.229 e. The fourth-order valence-electron chi connectivity index (χ4n) is 2.37. The van der Waals surface area contributed by atoms with Crippen LogP contribution >= 0.6 is 0 Å². The zero-order chi connectivity index (χ0) is 22.8. The largest absolute Gasteiger partial charge is 0.494 e. The van der Waals surface area contributed by atoms with E-state index in [-0.39, 0.29) is 38.6 Å². The molecule has 0 aliphatic rings. The van der Waals surface area contributed by atoms with Crippen molar-refractivity contribution in [1.29, 1.82) is 0 Å². The Hall–Kier alpha value is -3.34. The van der Waals surface area contributed by atoms with Crippen molar-refractivity contribution in [2.75, 3.05) is 30.9 Å². The lowest BCUT2D eigenvalue weighted by molar-refractivity contribution is 0.0854. The molecule has 172 valence electrons. The Morgan fingerprint density at radius 2 is 2.06 bits per heavy atom. The van der Waals surface area contributed by atoms with Gasteiger partial charge in [-0.2, -0.15) is 4.98 Å². The van der Waals surface area contributed by atoms with Crippen LogP contribution in [0.15, 0.2) is 35.2 Å². The molecule has 0 aliphatic heterocycles. The molecule has 1 aromatic carbocycles. The molecule has 2 aromatic rings. The third kappa shape index (κ3) is 7.14. The number of methoxy groups -OCH3 is 1. The maximum atomic E-state index is 14.3. The van der Waals surface area contributed by atoms with Crippen molar-refractivity contribution in [1.82, 2.24) is 9.97 Å². The minimum atomic E-state index is -0.881. The topological polar surface area (TPSA) is 107 Å². The molecule has 0 amide bonds. The molecule has 8 nitrogen and oxygen atoms in total. The van der Waals surface area contributed by atoms with Crippen LogP contribution in [0.5, 0.6) is 5.75 Å². The first-order chi connectivity index (χ1) is 14.8. The predicted octanol–water partition coefficient (Wildman–Crippen LogP) is 3.71. The highest BCUT2D eigenvalue weighted by atomic mass is 19.1.